The zero-order valence-corrected chi connectivity index (χ0v) is 21.3. The molecule has 1 fully saturated rings. The molecule has 0 unspecified atom stereocenters. The van der Waals surface area contributed by atoms with Gasteiger partial charge in [0.25, 0.3) is 0 Å². The first-order valence-corrected chi connectivity index (χ1v) is 13.5. The third-order valence-electron chi connectivity index (χ3n) is 6.46. The minimum Gasteiger partial charge on any atom is -0.367 e. The summed E-state index contributed by atoms with van der Waals surface area (Å²) >= 11 is 0. The molecule has 0 saturated carbocycles. The van der Waals surface area contributed by atoms with Crippen molar-refractivity contribution in [2.24, 2.45) is 0 Å². The number of sulfonamides is 1. The van der Waals surface area contributed by atoms with E-state index in [1.54, 1.807) is 22.9 Å². The van der Waals surface area contributed by atoms with Crippen molar-refractivity contribution in [3.8, 4) is 0 Å². The molecular formula is C24H33N7O3S. The van der Waals surface area contributed by atoms with Gasteiger partial charge in [-0.2, -0.15) is 4.31 Å². The number of hydrogen-bond acceptors (Lipinski definition) is 7. The molecule has 0 atom stereocenters. The second-order valence-corrected chi connectivity index (χ2v) is 10.4. The molecule has 1 saturated heterocycles. The Morgan fingerprint density at radius 3 is 2.43 bits per heavy atom. The number of hydrogen-bond donors (Lipinski definition) is 1. The second-order valence-electron chi connectivity index (χ2n) is 8.47. The summed E-state index contributed by atoms with van der Waals surface area (Å²) in [5.41, 5.74) is 2.77. The van der Waals surface area contributed by atoms with Crippen LogP contribution in [0.1, 0.15) is 20.8 Å². The van der Waals surface area contributed by atoms with Crippen LogP contribution in [0, 0.1) is 0 Å². The Balaban J connectivity index is 1.64. The molecule has 1 aliphatic rings. The lowest BCUT2D eigenvalue weighted by molar-refractivity contribution is -0.116. The van der Waals surface area contributed by atoms with Crippen LogP contribution in [0.2, 0.25) is 0 Å². The standard InChI is InChI=1S/C24H33N7O3S/c1-4-28-13-15-29(16-14-28)22-12-11-19(35(33,34)30(5-2)6-3)17-21(22)25-24(32)18-31-23-10-8-7-9-20(23)26-27-31/h7-12,17H,4-6,13-16,18H2,1-3H3,(H,25,32). The lowest BCUT2D eigenvalue weighted by Crippen LogP contribution is -2.46. The second kappa shape index (κ2) is 10.7. The Bertz CT molecular complexity index is 1280. The highest BCUT2D eigenvalue weighted by Crippen LogP contribution is 2.31. The minimum absolute atomic E-state index is 0.0312. The number of amides is 1. The van der Waals surface area contributed by atoms with Gasteiger partial charge in [0.2, 0.25) is 15.9 Å². The lowest BCUT2D eigenvalue weighted by atomic mass is 10.2. The fraction of sp³-hybridized carbons (Fsp3) is 0.458. The zero-order chi connectivity index (χ0) is 25.0. The molecule has 0 bridgehead atoms. The summed E-state index contributed by atoms with van der Waals surface area (Å²) in [4.78, 5) is 17.8. The number of carbonyl (C=O) groups excluding carboxylic acids is 1. The Hall–Kier alpha value is -3.02. The number of likely N-dealkylation sites (N-methyl/N-ethyl adjacent to an activating group) is 1. The van der Waals surface area contributed by atoms with Gasteiger partial charge in [-0.15, -0.1) is 5.10 Å². The monoisotopic (exact) mass is 499 g/mol. The molecule has 1 N–H and O–H groups in total. The normalized spacial score (nSPS) is 15.1. The average molecular weight is 500 g/mol. The van der Waals surface area contributed by atoms with E-state index in [2.05, 4.69) is 32.4 Å². The highest BCUT2D eigenvalue weighted by Gasteiger charge is 2.25. The Morgan fingerprint density at radius 1 is 1.03 bits per heavy atom. The number of anilines is 2. The van der Waals surface area contributed by atoms with Crippen molar-refractivity contribution in [3.05, 3.63) is 42.5 Å². The van der Waals surface area contributed by atoms with E-state index in [-0.39, 0.29) is 17.3 Å². The summed E-state index contributed by atoms with van der Waals surface area (Å²) in [7, 11) is -3.67. The van der Waals surface area contributed by atoms with Gasteiger partial charge in [0.05, 0.1) is 21.8 Å². The highest BCUT2D eigenvalue weighted by atomic mass is 32.2. The fourth-order valence-electron chi connectivity index (χ4n) is 4.43. The largest absolute Gasteiger partial charge is 0.367 e. The van der Waals surface area contributed by atoms with Gasteiger partial charge in [0, 0.05) is 39.3 Å². The Labute approximate surface area is 206 Å². The van der Waals surface area contributed by atoms with E-state index in [0.717, 1.165) is 43.9 Å². The summed E-state index contributed by atoms with van der Waals surface area (Å²) < 4.78 is 29.3. The van der Waals surface area contributed by atoms with Crippen molar-refractivity contribution in [2.45, 2.75) is 32.2 Å². The molecular weight excluding hydrogens is 466 g/mol. The molecule has 188 valence electrons. The first-order chi connectivity index (χ1) is 16.9. The Morgan fingerprint density at radius 2 is 1.74 bits per heavy atom. The van der Waals surface area contributed by atoms with E-state index < -0.39 is 10.0 Å². The molecule has 11 heteroatoms. The van der Waals surface area contributed by atoms with Crippen LogP contribution in [-0.4, -0.2) is 84.3 Å². The van der Waals surface area contributed by atoms with E-state index >= 15 is 0 Å². The highest BCUT2D eigenvalue weighted by molar-refractivity contribution is 7.89. The topological polar surface area (TPSA) is 104 Å². The number of nitrogens with one attached hydrogen (secondary N) is 1. The zero-order valence-electron chi connectivity index (χ0n) is 20.5. The molecule has 0 spiro atoms. The van der Waals surface area contributed by atoms with Gasteiger partial charge < -0.3 is 15.1 Å². The van der Waals surface area contributed by atoms with Crippen LogP contribution < -0.4 is 10.2 Å². The first-order valence-electron chi connectivity index (χ1n) is 12.1. The molecule has 1 aliphatic heterocycles. The van der Waals surface area contributed by atoms with E-state index in [9.17, 15) is 13.2 Å². The van der Waals surface area contributed by atoms with Gasteiger partial charge in [0.15, 0.2) is 0 Å². The van der Waals surface area contributed by atoms with E-state index in [4.69, 9.17) is 0 Å². The summed E-state index contributed by atoms with van der Waals surface area (Å²) in [6.07, 6.45) is 0. The Kier molecular flexibility index (Phi) is 7.68. The molecule has 1 amide bonds. The molecule has 2 heterocycles. The first kappa shape index (κ1) is 25.1. The SMILES string of the molecule is CCN1CCN(c2ccc(S(=O)(=O)N(CC)CC)cc2NC(=O)Cn2nnc3ccccc32)CC1. The number of fused-ring (bicyclic) bond motifs is 1. The van der Waals surface area contributed by atoms with Crippen LogP contribution >= 0.6 is 0 Å². The van der Waals surface area contributed by atoms with Crippen molar-refractivity contribution in [3.63, 3.8) is 0 Å². The number of piperazine rings is 1. The summed E-state index contributed by atoms with van der Waals surface area (Å²) in [6, 6.07) is 12.5. The van der Waals surface area contributed by atoms with Crippen LogP contribution in [0.5, 0.6) is 0 Å². The quantitative estimate of drug-likeness (QED) is 0.482. The van der Waals surface area contributed by atoms with E-state index in [1.807, 2.05) is 38.1 Å². The molecule has 10 nitrogen and oxygen atoms in total. The van der Waals surface area contributed by atoms with Gasteiger partial charge in [-0.05, 0) is 36.9 Å². The van der Waals surface area contributed by atoms with Crippen LogP contribution in [0.4, 0.5) is 11.4 Å². The van der Waals surface area contributed by atoms with Crippen LogP contribution in [0.3, 0.4) is 0 Å². The van der Waals surface area contributed by atoms with Gasteiger partial charge in [-0.25, -0.2) is 13.1 Å². The molecule has 3 aromatic rings. The van der Waals surface area contributed by atoms with Crippen molar-refractivity contribution in [1.82, 2.24) is 24.2 Å². The number of rotatable bonds is 9. The van der Waals surface area contributed by atoms with Gasteiger partial charge in [0.1, 0.15) is 12.1 Å². The summed E-state index contributed by atoms with van der Waals surface area (Å²) in [5, 5.41) is 11.2. The molecule has 2 aromatic carbocycles. The van der Waals surface area contributed by atoms with Crippen LogP contribution in [-0.2, 0) is 21.4 Å². The summed E-state index contributed by atoms with van der Waals surface area (Å²) in [5.74, 6) is -0.300. The van der Waals surface area contributed by atoms with Crippen molar-refractivity contribution < 1.29 is 13.2 Å². The molecule has 4 rings (SSSR count). The molecule has 0 aliphatic carbocycles. The van der Waals surface area contributed by atoms with Crippen molar-refractivity contribution >= 4 is 38.3 Å². The molecule has 35 heavy (non-hydrogen) atoms. The number of aromatic nitrogens is 3. The van der Waals surface area contributed by atoms with Gasteiger partial charge in [-0.3, -0.25) is 4.79 Å². The average Bonchev–Trinajstić information content (AvgIpc) is 3.27. The van der Waals surface area contributed by atoms with E-state index in [0.29, 0.717) is 24.3 Å². The number of para-hydroxylation sites is 1. The number of nitrogens with zero attached hydrogens (tertiary/aromatic N) is 6. The third kappa shape index (κ3) is 5.31. The third-order valence-corrected chi connectivity index (χ3v) is 8.50. The lowest BCUT2D eigenvalue weighted by Gasteiger charge is -2.36. The van der Waals surface area contributed by atoms with Gasteiger partial charge >= 0.3 is 0 Å². The van der Waals surface area contributed by atoms with Crippen molar-refractivity contribution in [1.29, 1.82) is 0 Å². The maximum Gasteiger partial charge on any atom is 0.246 e. The summed E-state index contributed by atoms with van der Waals surface area (Å²) in [6.45, 7) is 10.9. The van der Waals surface area contributed by atoms with E-state index in [1.165, 1.54) is 4.31 Å². The minimum atomic E-state index is -3.67. The maximum atomic E-state index is 13.2. The predicted octanol–water partition coefficient (Wildman–Crippen LogP) is 2.24. The number of carbonyl (C=O) groups is 1. The molecule has 0 radical (unpaired) electrons. The maximum absolute atomic E-state index is 13.2. The fourth-order valence-corrected chi connectivity index (χ4v) is 5.91. The van der Waals surface area contributed by atoms with Crippen molar-refractivity contribution in [2.75, 3.05) is 56.0 Å². The van der Waals surface area contributed by atoms with Crippen LogP contribution in [0.25, 0.3) is 11.0 Å². The number of benzene rings is 2. The van der Waals surface area contributed by atoms with Gasteiger partial charge in [-0.1, -0.05) is 38.1 Å². The molecule has 1 aromatic heterocycles. The smallest absolute Gasteiger partial charge is 0.246 e. The predicted molar refractivity (Wildman–Crippen MR) is 137 cm³/mol. The van der Waals surface area contributed by atoms with Crippen LogP contribution in [0.15, 0.2) is 47.4 Å².